The summed E-state index contributed by atoms with van der Waals surface area (Å²) < 4.78 is 14.0. The number of nitrogens with one attached hydrogen (secondary N) is 2. The van der Waals surface area contributed by atoms with Crippen molar-refractivity contribution in [3.05, 3.63) is 69.9 Å². The Bertz CT molecular complexity index is 760. The van der Waals surface area contributed by atoms with Crippen LogP contribution < -0.4 is 10.6 Å². The summed E-state index contributed by atoms with van der Waals surface area (Å²) in [6, 6.07) is 12.0. The summed E-state index contributed by atoms with van der Waals surface area (Å²) in [6.45, 7) is 5.61. The normalized spacial score (nSPS) is 13.2. The summed E-state index contributed by atoms with van der Waals surface area (Å²) in [5.41, 5.74) is 1.28. The first-order valence-electron chi connectivity index (χ1n) is 8.40. The highest BCUT2D eigenvalue weighted by Crippen LogP contribution is 2.17. The van der Waals surface area contributed by atoms with E-state index in [1.807, 2.05) is 45.0 Å². The van der Waals surface area contributed by atoms with Gasteiger partial charge in [-0.3, -0.25) is 9.59 Å². The number of benzene rings is 2. The Hall–Kier alpha value is -2.21. The molecule has 26 heavy (non-hydrogen) atoms. The van der Waals surface area contributed by atoms with Gasteiger partial charge in [-0.2, -0.15) is 0 Å². The smallest absolute Gasteiger partial charge is 0.251 e. The molecule has 0 aliphatic heterocycles. The number of carbonyl (C=O) groups excluding carboxylic acids is 2. The first-order valence-corrected chi connectivity index (χ1v) is 9.19. The van der Waals surface area contributed by atoms with Crippen LogP contribution in [-0.2, 0) is 4.79 Å². The number of carbonyl (C=O) groups is 2. The van der Waals surface area contributed by atoms with Crippen LogP contribution in [-0.4, -0.2) is 17.9 Å². The zero-order valence-electron chi connectivity index (χ0n) is 14.9. The maximum absolute atomic E-state index is 13.0. The molecule has 0 radical (unpaired) electrons. The van der Waals surface area contributed by atoms with Gasteiger partial charge in [0, 0.05) is 10.0 Å². The Balaban J connectivity index is 2.05. The zero-order valence-corrected chi connectivity index (χ0v) is 16.5. The summed E-state index contributed by atoms with van der Waals surface area (Å²) in [5.74, 6) is -1.18. The maximum Gasteiger partial charge on any atom is 0.251 e. The minimum Gasteiger partial charge on any atom is -0.348 e. The lowest BCUT2D eigenvalue weighted by Crippen LogP contribution is -2.50. The summed E-state index contributed by atoms with van der Waals surface area (Å²) in [5, 5.41) is 5.67. The van der Waals surface area contributed by atoms with Crippen LogP contribution in [0.4, 0.5) is 4.39 Å². The maximum atomic E-state index is 13.0. The Morgan fingerprint density at radius 2 is 1.50 bits per heavy atom. The Morgan fingerprint density at radius 3 is 2.04 bits per heavy atom. The Labute approximate surface area is 161 Å². The molecule has 2 unspecified atom stereocenters. The summed E-state index contributed by atoms with van der Waals surface area (Å²) >= 11 is 3.38. The minimum absolute atomic E-state index is 0.100. The molecule has 4 nitrogen and oxygen atoms in total. The van der Waals surface area contributed by atoms with Crippen LogP contribution in [0.3, 0.4) is 0 Å². The lowest BCUT2D eigenvalue weighted by molar-refractivity contribution is -0.124. The van der Waals surface area contributed by atoms with Crippen molar-refractivity contribution in [2.45, 2.75) is 32.9 Å². The highest BCUT2D eigenvalue weighted by Gasteiger charge is 2.26. The number of hydrogen-bond acceptors (Lipinski definition) is 2. The predicted octanol–water partition coefficient (Wildman–Crippen LogP) is 4.22. The number of hydrogen-bond donors (Lipinski definition) is 2. The van der Waals surface area contributed by atoms with Gasteiger partial charge < -0.3 is 10.6 Å². The molecule has 138 valence electrons. The third-order valence-electron chi connectivity index (χ3n) is 4.07. The van der Waals surface area contributed by atoms with E-state index < -0.39 is 17.8 Å². The van der Waals surface area contributed by atoms with Gasteiger partial charge in [0.05, 0.1) is 6.04 Å². The van der Waals surface area contributed by atoms with Crippen molar-refractivity contribution in [1.29, 1.82) is 0 Å². The average molecular weight is 421 g/mol. The van der Waals surface area contributed by atoms with Gasteiger partial charge in [0.15, 0.2) is 0 Å². The lowest BCUT2D eigenvalue weighted by Gasteiger charge is -2.24. The average Bonchev–Trinajstić information content (AvgIpc) is 2.60. The van der Waals surface area contributed by atoms with Crippen LogP contribution in [0.1, 0.15) is 42.7 Å². The second-order valence-electron chi connectivity index (χ2n) is 6.48. The Morgan fingerprint density at radius 1 is 0.923 bits per heavy atom. The topological polar surface area (TPSA) is 58.2 Å². The van der Waals surface area contributed by atoms with E-state index in [0.29, 0.717) is 5.56 Å². The molecule has 0 heterocycles. The number of amides is 2. The zero-order chi connectivity index (χ0) is 19.3. The van der Waals surface area contributed by atoms with E-state index in [0.717, 1.165) is 10.0 Å². The predicted molar refractivity (Wildman–Crippen MR) is 103 cm³/mol. The van der Waals surface area contributed by atoms with Crippen LogP contribution in [0.15, 0.2) is 53.0 Å². The highest BCUT2D eigenvalue weighted by molar-refractivity contribution is 9.10. The van der Waals surface area contributed by atoms with Gasteiger partial charge in [-0.1, -0.05) is 41.9 Å². The summed E-state index contributed by atoms with van der Waals surface area (Å²) in [7, 11) is 0. The summed E-state index contributed by atoms with van der Waals surface area (Å²) in [6.07, 6.45) is 0. The molecule has 2 aromatic rings. The van der Waals surface area contributed by atoms with Crippen molar-refractivity contribution in [2.75, 3.05) is 0 Å². The molecule has 2 aromatic carbocycles. The highest BCUT2D eigenvalue weighted by atomic mass is 79.9. The first kappa shape index (κ1) is 20.1. The minimum atomic E-state index is -0.689. The molecule has 6 heteroatoms. The molecular formula is C20H22BrFN2O2. The van der Waals surface area contributed by atoms with Crippen LogP contribution in [0, 0.1) is 11.7 Å². The van der Waals surface area contributed by atoms with E-state index in [-0.39, 0.29) is 17.9 Å². The molecule has 2 amide bonds. The van der Waals surface area contributed by atoms with Crippen molar-refractivity contribution in [3.8, 4) is 0 Å². The van der Waals surface area contributed by atoms with Crippen LogP contribution in [0.5, 0.6) is 0 Å². The quantitative estimate of drug-likeness (QED) is 0.734. The van der Waals surface area contributed by atoms with E-state index in [9.17, 15) is 14.0 Å². The monoisotopic (exact) mass is 420 g/mol. The van der Waals surface area contributed by atoms with Crippen molar-refractivity contribution in [1.82, 2.24) is 10.6 Å². The number of rotatable bonds is 6. The summed E-state index contributed by atoms with van der Waals surface area (Å²) in [4.78, 5) is 25.0. The van der Waals surface area contributed by atoms with E-state index in [2.05, 4.69) is 26.6 Å². The van der Waals surface area contributed by atoms with Gasteiger partial charge >= 0.3 is 0 Å². The molecule has 0 aliphatic carbocycles. The van der Waals surface area contributed by atoms with Gasteiger partial charge in [0.2, 0.25) is 5.91 Å². The number of halogens is 2. The fourth-order valence-corrected chi connectivity index (χ4v) is 2.76. The second kappa shape index (κ2) is 8.94. The van der Waals surface area contributed by atoms with Crippen molar-refractivity contribution in [3.63, 3.8) is 0 Å². The standard InChI is InChI=1S/C20H22BrFN2O2/c1-12(2)18(24-19(25)15-6-10-17(22)11-7-15)20(26)23-13(3)14-4-8-16(21)9-5-14/h4-13,18H,1-3H3,(H,23,26)(H,24,25). The molecule has 0 aromatic heterocycles. The molecule has 2 N–H and O–H groups in total. The van der Waals surface area contributed by atoms with Crippen LogP contribution in [0.2, 0.25) is 0 Å². The molecule has 2 rings (SSSR count). The molecule has 0 bridgehead atoms. The van der Waals surface area contributed by atoms with Gasteiger partial charge in [-0.05, 0) is 54.8 Å². The van der Waals surface area contributed by atoms with E-state index in [1.165, 1.54) is 24.3 Å². The van der Waals surface area contributed by atoms with Crippen molar-refractivity contribution < 1.29 is 14.0 Å². The van der Waals surface area contributed by atoms with E-state index in [4.69, 9.17) is 0 Å². The fourth-order valence-electron chi connectivity index (χ4n) is 2.50. The molecule has 0 spiro atoms. The molecule has 0 saturated heterocycles. The van der Waals surface area contributed by atoms with E-state index in [1.54, 1.807) is 0 Å². The van der Waals surface area contributed by atoms with E-state index >= 15 is 0 Å². The molecular weight excluding hydrogens is 399 g/mol. The molecule has 0 fully saturated rings. The third kappa shape index (κ3) is 5.39. The third-order valence-corrected chi connectivity index (χ3v) is 4.60. The van der Waals surface area contributed by atoms with Gasteiger partial charge in [-0.25, -0.2) is 4.39 Å². The molecule has 0 saturated carbocycles. The van der Waals surface area contributed by atoms with Gasteiger partial charge in [0.1, 0.15) is 11.9 Å². The lowest BCUT2D eigenvalue weighted by atomic mass is 10.0. The van der Waals surface area contributed by atoms with Crippen molar-refractivity contribution >= 4 is 27.7 Å². The van der Waals surface area contributed by atoms with Crippen LogP contribution >= 0.6 is 15.9 Å². The molecule has 0 aliphatic rings. The SMILES string of the molecule is CC(NC(=O)C(NC(=O)c1ccc(F)cc1)C(C)C)c1ccc(Br)cc1. The Kier molecular flexibility index (Phi) is 6.91. The second-order valence-corrected chi connectivity index (χ2v) is 7.40. The van der Waals surface area contributed by atoms with Crippen LogP contribution in [0.25, 0.3) is 0 Å². The largest absolute Gasteiger partial charge is 0.348 e. The fraction of sp³-hybridized carbons (Fsp3) is 0.300. The van der Waals surface area contributed by atoms with Gasteiger partial charge in [-0.15, -0.1) is 0 Å². The van der Waals surface area contributed by atoms with Gasteiger partial charge in [0.25, 0.3) is 5.91 Å². The first-order chi connectivity index (χ1) is 12.3. The molecule has 2 atom stereocenters. The van der Waals surface area contributed by atoms with Crippen molar-refractivity contribution in [2.24, 2.45) is 5.92 Å².